The zero-order valence-electron chi connectivity index (χ0n) is 23.8. The third-order valence-corrected chi connectivity index (χ3v) is 6.98. The molecule has 0 spiro atoms. The maximum atomic E-state index is 13.9. The molecule has 0 aliphatic heterocycles. The van der Waals surface area contributed by atoms with Crippen molar-refractivity contribution in [3.8, 4) is 11.1 Å². The Labute approximate surface area is 234 Å². The number of carbonyl (C=O) groups is 1. The smallest absolute Gasteiger partial charge is 0.299 e. The molecule has 0 aliphatic carbocycles. The van der Waals surface area contributed by atoms with E-state index in [1.54, 1.807) is 13.0 Å². The molecular weight excluding hydrogens is 521 g/mol. The monoisotopic (exact) mass is 559 g/mol. The van der Waals surface area contributed by atoms with E-state index in [1.165, 1.54) is 18.2 Å². The predicted molar refractivity (Wildman–Crippen MR) is 150 cm³/mol. The maximum absolute atomic E-state index is 13.9. The quantitative estimate of drug-likeness (QED) is 0.206. The lowest BCUT2D eigenvalue weighted by Crippen LogP contribution is -2.25. The Morgan fingerprint density at radius 2 is 1.43 bits per heavy atom. The zero-order chi connectivity index (χ0) is 29.6. The number of alkyl halides is 3. The molecule has 3 aromatic carbocycles. The van der Waals surface area contributed by atoms with Crippen molar-refractivity contribution in [2.45, 2.75) is 72.6 Å². The van der Waals surface area contributed by atoms with Crippen molar-refractivity contribution in [1.29, 1.82) is 0 Å². The van der Waals surface area contributed by atoms with Crippen LogP contribution in [0.3, 0.4) is 0 Å². The first-order valence-electron chi connectivity index (χ1n) is 13.7. The van der Waals surface area contributed by atoms with Gasteiger partial charge in [0.2, 0.25) is 0 Å². The average Bonchev–Trinajstić information content (AvgIpc) is 2.87. The highest BCUT2D eigenvalue weighted by Crippen LogP contribution is 2.34. The average molecular weight is 560 g/mol. The third-order valence-electron chi connectivity index (χ3n) is 6.98. The van der Waals surface area contributed by atoms with Gasteiger partial charge in [0.1, 0.15) is 5.78 Å². The van der Waals surface area contributed by atoms with Crippen LogP contribution in [-0.4, -0.2) is 17.2 Å². The number of ketones is 1. The number of Topliss-reactive ketones (excluding diaryl/α,β-unsaturated/α-hetero) is 1. The van der Waals surface area contributed by atoms with E-state index in [0.717, 1.165) is 41.3 Å². The summed E-state index contributed by atoms with van der Waals surface area (Å²) in [5.74, 6) is -1.42. The lowest BCUT2D eigenvalue weighted by molar-refractivity contribution is -0.137. The Bertz CT molecular complexity index is 1280. The Morgan fingerprint density at radius 3 is 1.98 bits per heavy atom. The highest BCUT2D eigenvalue weighted by Gasteiger charge is 2.30. The molecule has 0 N–H and O–H groups in total. The number of nitrogens with zero attached hydrogens (tertiary/aromatic N) is 1. The summed E-state index contributed by atoms with van der Waals surface area (Å²) in [4.78, 5) is 14.8. The minimum Gasteiger partial charge on any atom is -0.299 e. The van der Waals surface area contributed by atoms with Gasteiger partial charge < -0.3 is 0 Å². The first-order valence-corrected chi connectivity index (χ1v) is 13.7. The molecule has 0 heterocycles. The molecule has 0 amide bonds. The summed E-state index contributed by atoms with van der Waals surface area (Å²) in [5.41, 5.74) is 2.99. The van der Waals surface area contributed by atoms with Crippen molar-refractivity contribution < 1.29 is 26.7 Å². The molecule has 2 nitrogen and oxygen atoms in total. The molecule has 0 bridgehead atoms. The van der Waals surface area contributed by atoms with E-state index in [1.807, 2.05) is 32.0 Å². The van der Waals surface area contributed by atoms with Crippen LogP contribution >= 0.6 is 0 Å². The van der Waals surface area contributed by atoms with Crippen LogP contribution in [0.2, 0.25) is 0 Å². The number of halogens is 5. The molecule has 216 valence electrons. The van der Waals surface area contributed by atoms with Gasteiger partial charge in [-0.1, -0.05) is 58.0 Å². The summed E-state index contributed by atoms with van der Waals surface area (Å²) in [6.07, 6.45) is -2.89. The van der Waals surface area contributed by atoms with E-state index < -0.39 is 23.4 Å². The van der Waals surface area contributed by atoms with Crippen LogP contribution in [0.25, 0.3) is 11.1 Å². The van der Waals surface area contributed by atoms with Gasteiger partial charge in [-0.25, -0.2) is 8.78 Å². The maximum Gasteiger partial charge on any atom is 0.416 e. The van der Waals surface area contributed by atoms with E-state index in [9.17, 15) is 26.7 Å². The van der Waals surface area contributed by atoms with Crippen molar-refractivity contribution >= 4 is 5.78 Å². The molecule has 3 rings (SSSR count). The fourth-order valence-electron chi connectivity index (χ4n) is 4.85. The highest BCUT2D eigenvalue weighted by atomic mass is 19.4. The van der Waals surface area contributed by atoms with Gasteiger partial charge in [-0.3, -0.25) is 9.69 Å². The molecule has 7 heteroatoms. The van der Waals surface area contributed by atoms with Gasteiger partial charge in [0.25, 0.3) is 0 Å². The molecule has 0 unspecified atom stereocenters. The lowest BCUT2D eigenvalue weighted by Gasteiger charge is -2.25. The molecule has 0 fully saturated rings. The van der Waals surface area contributed by atoms with Gasteiger partial charge >= 0.3 is 6.18 Å². The summed E-state index contributed by atoms with van der Waals surface area (Å²) < 4.78 is 67.0. The number of benzene rings is 3. The van der Waals surface area contributed by atoms with Crippen molar-refractivity contribution in [1.82, 2.24) is 4.90 Å². The summed E-state index contributed by atoms with van der Waals surface area (Å²) in [6, 6.07) is 14.8. The minimum absolute atomic E-state index is 0.0303. The van der Waals surface area contributed by atoms with Gasteiger partial charge in [-0.2, -0.15) is 13.2 Å². The fraction of sp³-hybridized carbons (Fsp3) is 0.424. The Kier molecular flexibility index (Phi) is 10.6. The van der Waals surface area contributed by atoms with E-state index in [0.29, 0.717) is 43.1 Å². The van der Waals surface area contributed by atoms with Crippen molar-refractivity contribution in [3.63, 3.8) is 0 Å². The van der Waals surface area contributed by atoms with Crippen LogP contribution in [-0.2, 0) is 24.1 Å². The summed E-state index contributed by atoms with van der Waals surface area (Å²) in [5, 5.41) is 0. The topological polar surface area (TPSA) is 20.3 Å². The summed E-state index contributed by atoms with van der Waals surface area (Å²) >= 11 is 0. The van der Waals surface area contributed by atoms with Gasteiger partial charge in [-0.15, -0.1) is 0 Å². The van der Waals surface area contributed by atoms with Gasteiger partial charge in [-0.05, 0) is 96.3 Å². The molecule has 0 saturated heterocycles. The van der Waals surface area contributed by atoms with Crippen LogP contribution in [0.4, 0.5) is 22.0 Å². The molecule has 3 aromatic rings. The first-order chi connectivity index (χ1) is 18.7. The van der Waals surface area contributed by atoms with E-state index >= 15 is 0 Å². The van der Waals surface area contributed by atoms with Crippen molar-refractivity contribution in [2.75, 3.05) is 6.54 Å². The second-order valence-electron chi connectivity index (χ2n) is 11.5. The SMILES string of the molecule is CC(=O)[C@H](CC(C)C)c1cc(CN(CCC(C)C)Cc2ccc(F)c(F)c2)cc(-c2ccc(C(F)(F)F)cc2)c1. The minimum atomic E-state index is -4.43. The number of carbonyl (C=O) groups excluding carboxylic acids is 1. The number of rotatable bonds is 12. The largest absolute Gasteiger partial charge is 0.416 e. The molecular formula is C33H38F5NO. The van der Waals surface area contributed by atoms with Gasteiger partial charge in [0, 0.05) is 19.0 Å². The third kappa shape index (κ3) is 8.98. The lowest BCUT2D eigenvalue weighted by atomic mass is 9.85. The molecule has 0 radical (unpaired) electrons. The molecule has 40 heavy (non-hydrogen) atoms. The van der Waals surface area contributed by atoms with Crippen LogP contribution < -0.4 is 0 Å². The zero-order valence-corrected chi connectivity index (χ0v) is 23.8. The first kappa shape index (κ1) is 31.5. The molecule has 0 aliphatic rings. The Hall–Kier alpha value is -3.06. The van der Waals surface area contributed by atoms with Crippen molar-refractivity contribution in [3.05, 3.63) is 94.6 Å². The van der Waals surface area contributed by atoms with E-state index in [2.05, 4.69) is 18.7 Å². The molecule has 0 saturated carbocycles. The number of hydrogen-bond donors (Lipinski definition) is 0. The second kappa shape index (κ2) is 13.5. The van der Waals surface area contributed by atoms with Crippen molar-refractivity contribution in [2.24, 2.45) is 11.8 Å². The normalized spacial score (nSPS) is 12.9. The Morgan fingerprint density at radius 1 is 0.775 bits per heavy atom. The standard InChI is InChI=1S/C33H38F5NO/c1-21(2)12-13-39(19-24-6-11-31(34)32(35)17-24)20-25-15-27(26-7-9-29(10-8-26)33(36,37)38)18-28(16-25)30(23(5)40)14-22(3)4/h6-11,15-18,21-22,30H,12-14,19-20H2,1-5H3/t30-/m0/s1. The molecule has 1 atom stereocenters. The summed E-state index contributed by atoms with van der Waals surface area (Å²) in [7, 11) is 0. The molecule has 0 aromatic heterocycles. The van der Waals surface area contributed by atoms with Crippen LogP contribution in [0.5, 0.6) is 0 Å². The summed E-state index contributed by atoms with van der Waals surface area (Å²) in [6.45, 7) is 11.5. The van der Waals surface area contributed by atoms with E-state index in [-0.39, 0.29) is 17.6 Å². The van der Waals surface area contributed by atoms with E-state index in [4.69, 9.17) is 0 Å². The predicted octanol–water partition coefficient (Wildman–Crippen LogP) is 9.42. The van der Waals surface area contributed by atoms with Gasteiger partial charge in [0.05, 0.1) is 5.56 Å². The van der Waals surface area contributed by atoms with Crippen LogP contribution in [0.15, 0.2) is 60.7 Å². The van der Waals surface area contributed by atoms with Gasteiger partial charge in [0.15, 0.2) is 11.6 Å². The fourth-order valence-corrected chi connectivity index (χ4v) is 4.85. The Balaban J connectivity index is 2.04. The van der Waals surface area contributed by atoms with Crippen LogP contribution in [0.1, 0.15) is 75.6 Å². The number of hydrogen-bond acceptors (Lipinski definition) is 2. The van der Waals surface area contributed by atoms with Crippen LogP contribution in [0, 0.1) is 23.5 Å². The second-order valence-corrected chi connectivity index (χ2v) is 11.5. The highest BCUT2D eigenvalue weighted by molar-refractivity contribution is 5.84.